The summed E-state index contributed by atoms with van der Waals surface area (Å²) in [5.74, 6) is -2.68. The van der Waals surface area contributed by atoms with E-state index < -0.39 is 23.9 Å². The number of unbranched alkanes of at least 4 members (excludes halogenated alkanes) is 16. The molecule has 0 aliphatic carbocycles. The summed E-state index contributed by atoms with van der Waals surface area (Å²) in [6.45, 7) is 8.60. The van der Waals surface area contributed by atoms with Crippen LogP contribution in [0.3, 0.4) is 0 Å². The minimum atomic E-state index is -0.670. The van der Waals surface area contributed by atoms with Gasteiger partial charge in [0.15, 0.2) is 0 Å². The van der Waals surface area contributed by atoms with E-state index in [4.69, 9.17) is 20.4 Å². The Bertz CT molecular complexity index is 465. The van der Waals surface area contributed by atoms with E-state index in [1.807, 2.05) is 0 Å². The van der Waals surface area contributed by atoms with E-state index in [1.54, 1.807) is 0 Å². The molecule has 0 heterocycles. The molecule has 0 fully saturated rings. The maximum absolute atomic E-state index is 10.0. The molecule has 4 N–H and O–H groups in total. The molecule has 0 aliphatic heterocycles. The fourth-order valence-electron chi connectivity index (χ4n) is 3.52. The normalized spacial score (nSPS) is 9.24. The largest absolute Gasteiger partial charge is 0.481 e. The summed E-state index contributed by atoms with van der Waals surface area (Å²) in [5.41, 5.74) is 0. The van der Waals surface area contributed by atoms with Crippen LogP contribution in [0.1, 0.15) is 182 Å². The van der Waals surface area contributed by atoms with E-state index in [-0.39, 0.29) is 47.3 Å². The minimum absolute atomic E-state index is 0. The van der Waals surface area contributed by atoms with Gasteiger partial charge in [-0.05, 0) is 25.7 Å². The van der Waals surface area contributed by atoms with Crippen molar-refractivity contribution >= 4 is 71.2 Å². The third-order valence-electron chi connectivity index (χ3n) is 5.98. The molecule has 0 spiro atoms. The van der Waals surface area contributed by atoms with Crippen molar-refractivity contribution in [2.24, 2.45) is 0 Å². The Morgan fingerprint density at radius 1 is 0.310 bits per heavy atom. The molecule has 0 bridgehead atoms. The topological polar surface area (TPSA) is 149 Å². The van der Waals surface area contributed by atoms with Crippen molar-refractivity contribution in [1.29, 1.82) is 0 Å². The average molecular weight is 832 g/mol. The number of hydrogen-bond donors (Lipinski definition) is 4. The third-order valence-corrected chi connectivity index (χ3v) is 5.98. The van der Waals surface area contributed by atoms with Gasteiger partial charge in [-0.3, -0.25) is 19.2 Å². The molecule has 0 saturated heterocycles. The second-order valence-corrected chi connectivity index (χ2v) is 10.2. The van der Waals surface area contributed by atoms with Gasteiger partial charge in [0.05, 0.1) is 0 Å². The van der Waals surface area contributed by atoms with Gasteiger partial charge in [0.2, 0.25) is 0 Å². The summed E-state index contributed by atoms with van der Waals surface area (Å²) in [5, 5.41) is 33.1. The average Bonchev–Trinajstić information content (AvgIpc) is 2.89. The summed E-state index contributed by atoms with van der Waals surface area (Å²) >= 11 is 0. The molecule has 0 aromatic heterocycles. The van der Waals surface area contributed by atoms with Crippen LogP contribution in [0.15, 0.2) is 0 Å². The quantitative estimate of drug-likeness (QED) is 0.0557. The first-order chi connectivity index (χ1) is 19.1. The zero-order chi connectivity index (χ0) is 31.3. The van der Waals surface area contributed by atoms with Crippen LogP contribution in [0.5, 0.6) is 0 Å². The third kappa shape index (κ3) is 77.4. The molecule has 0 saturated carbocycles. The number of carbonyl (C=O) groups is 4. The maximum Gasteiger partial charge on any atom is 0.303 e. The SMILES string of the molecule is CCCCCCCC(=O)O.CCCCCCCC(=O)O.CCCCCCCC(=O)O.CCCCCCCC(=O)O.[Te].[Te]. The Morgan fingerprint density at radius 2 is 0.452 bits per heavy atom. The maximum atomic E-state index is 10.0. The van der Waals surface area contributed by atoms with Gasteiger partial charge < -0.3 is 20.4 Å². The number of carboxylic acid groups (broad SMARTS) is 4. The molecule has 0 atom stereocenters. The zero-order valence-electron chi connectivity index (χ0n) is 27.2. The van der Waals surface area contributed by atoms with E-state index in [9.17, 15) is 19.2 Å². The van der Waals surface area contributed by atoms with Crippen molar-refractivity contribution < 1.29 is 39.6 Å². The van der Waals surface area contributed by atoms with Gasteiger partial charge in [-0.15, -0.1) is 0 Å². The molecule has 0 aliphatic rings. The number of rotatable bonds is 24. The monoisotopic (exact) mass is 836 g/mol. The minimum Gasteiger partial charge on any atom is -0.481 e. The fraction of sp³-hybridized carbons (Fsp3) is 0.875. The molecule has 42 heavy (non-hydrogen) atoms. The van der Waals surface area contributed by atoms with E-state index >= 15 is 0 Å². The Kier molecular flexibility index (Phi) is 64.4. The van der Waals surface area contributed by atoms with Crippen LogP contribution in [0.2, 0.25) is 0 Å². The molecule has 0 unspecified atom stereocenters. The summed E-state index contributed by atoms with van der Waals surface area (Å²) in [4.78, 5) is 40.1. The van der Waals surface area contributed by atoms with Gasteiger partial charge in [0.1, 0.15) is 0 Å². The molecule has 10 heteroatoms. The Hall–Kier alpha value is -0.541. The molecule has 252 valence electrons. The van der Waals surface area contributed by atoms with Gasteiger partial charge in [-0.2, -0.15) is 0 Å². The number of carboxylic acids is 4. The first-order valence-electron chi connectivity index (χ1n) is 16.0. The predicted octanol–water partition coefficient (Wildman–Crippen LogP) is 8.96. The van der Waals surface area contributed by atoms with E-state index in [1.165, 1.54) is 77.0 Å². The van der Waals surface area contributed by atoms with Crippen LogP contribution in [0, 0.1) is 0 Å². The first kappa shape index (κ1) is 54.0. The van der Waals surface area contributed by atoms with Crippen LogP contribution in [0.25, 0.3) is 0 Å². The van der Waals surface area contributed by atoms with Crippen molar-refractivity contribution in [2.75, 3.05) is 0 Å². The second kappa shape index (κ2) is 50.1. The van der Waals surface area contributed by atoms with Gasteiger partial charge in [0, 0.05) is 73.0 Å². The summed E-state index contributed by atoms with van der Waals surface area (Å²) in [7, 11) is 0. The molecule has 8 nitrogen and oxygen atoms in total. The number of aliphatic carboxylic acids is 4. The van der Waals surface area contributed by atoms with E-state index in [2.05, 4.69) is 27.7 Å². The van der Waals surface area contributed by atoms with Crippen LogP contribution < -0.4 is 0 Å². The Morgan fingerprint density at radius 3 is 0.571 bits per heavy atom. The van der Waals surface area contributed by atoms with Crippen molar-refractivity contribution in [3.8, 4) is 0 Å². The second-order valence-electron chi connectivity index (χ2n) is 10.2. The first-order valence-corrected chi connectivity index (χ1v) is 16.0. The van der Waals surface area contributed by atoms with E-state index in [0.29, 0.717) is 25.7 Å². The molecule has 0 amide bonds. The van der Waals surface area contributed by atoms with Crippen LogP contribution in [0.4, 0.5) is 0 Å². The fourth-order valence-corrected chi connectivity index (χ4v) is 3.52. The van der Waals surface area contributed by atoms with Crippen molar-refractivity contribution in [3.05, 3.63) is 0 Å². The zero-order valence-corrected chi connectivity index (χ0v) is 31.9. The van der Waals surface area contributed by atoms with Gasteiger partial charge in [-0.1, -0.05) is 130 Å². The van der Waals surface area contributed by atoms with Gasteiger partial charge in [0.25, 0.3) is 0 Å². The van der Waals surface area contributed by atoms with Crippen molar-refractivity contribution in [1.82, 2.24) is 0 Å². The molecule has 4 radical (unpaired) electrons. The van der Waals surface area contributed by atoms with E-state index in [0.717, 1.165) is 51.4 Å². The number of hydrogen-bond acceptors (Lipinski definition) is 4. The smallest absolute Gasteiger partial charge is 0.303 e. The summed E-state index contributed by atoms with van der Waals surface area (Å²) in [6.07, 6.45) is 23.5. The van der Waals surface area contributed by atoms with Gasteiger partial charge in [-0.25, -0.2) is 0 Å². The molecule has 0 aromatic carbocycles. The van der Waals surface area contributed by atoms with Crippen LogP contribution in [-0.2, 0) is 19.2 Å². The molecular formula is C32H64O8Te2. The van der Waals surface area contributed by atoms with Crippen molar-refractivity contribution in [2.45, 2.75) is 182 Å². The van der Waals surface area contributed by atoms with Crippen LogP contribution in [-0.4, -0.2) is 91.6 Å². The summed E-state index contributed by atoms with van der Waals surface area (Å²) < 4.78 is 0. The van der Waals surface area contributed by atoms with Crippen molar-refractivity contribution in [3.63, 3.8) is 0 Å². The standard InChI is InChI=1S/4C8H16O2.2Te/c4*1-2-3-4-5-6-7-8(9)10;;/h4*2-7H2,1H3,(H,9,10);;. The summed E-state index contributed by atoms with van der Waals surface area (Å²) in [6, 6.07) is 0. The molecular weight excluding hydrogens is 768 g/mol. The predicted molar refractivity (Wildman–Crippen MR) is 176 cm³/mol. The Balaban J connectivity index is -0.000000101. The molecule has 0 aromatic rings. The Labute approximate surface area is 291 Å². The van der Waals surface area contributed by atoms with Crippen LogP contribution >= 0.6 is 0 Å². The van der Waals surface area contributed by atoms with Gasteiger partial charge >= 0.3 is 23.9 Å². The molecule has 0 rings (SSSR count).